The van der Waals surface area contributed by atoms with Crippen LogP contribution in [0.15, 0.2) is 23.6 Å². The zero-order valence-corrected chi connectivity index (χ0v) is 9.88. The van der Waals surface area contributed by atoms with E-state index in [4.69, 9.17) is 34.8 Å². The Morgan fingerprint density at radius 2 is 1.93 bits per heavy atom. The molecule has 0 fully saturated rings. The predicted octanol–water partition coefficient (Wildman–Crippen LogP) is 4.77. The van der Waals surface area contributed by atoms with Crippen molar-refractivity contribution >= 4 is 46.1 Å². The van der Waals surface area contributed by atoms with Crippen molar-refractivity contribution in [2.45, 2.75) is 0 Å². The smallest absolute Gasteiger partial charge is 0.184 e. The van der Waals surface area contributed by atoms with Crippen molar-refractivity contribution < 1.29 is 0 Å². The molecule has 0 N–H and O–H groups in total. The summed E-state index contributed by atoms with van der Waals surface area (Å²) < 4.78 is 0.506. The fourth-order valence-electron chi connectivity index (χ4n) is 1.07. The number of hydrogen-bond donors (Lipinski definition) is 0. The minimum atomic E-state index is 0.506. The second-order valence-corrected chi connectivity index (χ2v) is 4.89. The van der Waals surface area contributed by atoms with Gasteiger partial charge in [-0.3, -0.25) is 0 Å². The van der Waals surface area contributed by atoms with E-state index in [0.29, 0.717) is 14.5 Å². The van der Waals surface area contributed by atoms with Gasteiger partial charge in [0.05, 0.1) is 10.7 Å². The lowest BCUT2D eigenvalue weighted by Gasteiger charge is -2.00. The highest BCUT2D eigenvalue weighted by Gasteiger charge is 2.07. The Labute approximate surface area is 100 Å². The molecule has 2 rings (SSSR count). The van der Waals surface area contributed by atoms with Crippen molar-refractivity contribution in [2.24, 2.45) is 0 Å². The number of halogens is 3. The van der Waals surface area contributed by atoms with E-state index in [1.54, 1.807) is 12.1 Å². The van der Waals surface area contributed by atoms with Crippen LogP contribution in [0.3, 0.4) is 0 Å². The van der Waals surface area contributed by atoms with E-state index in [0.717, 1.165) is 11.3 Å². The summed E-state index contributed by atoms with van der Waals surface area (Å²) in [5, 5.41) is 3.05. The van der Waals surface area contributed by atoms with Gasteiger partial charge in [0.25, 0.3) is 0 Å². The highest BCUT2D eigenvalue weighted by molar-refractivity contribution is 7.14. The van der Waals surface area contributed by atoms with Crippen LogP contribution in [-0.4, -0.2) is 4.98 Å². The lowest BCUT2D eigenvalue weighted by Crippen LogP contribution is -1.79. The molecule has 14 heavy (non-hydrogen) atoms. The Morgan fingerprint density at radius 3 is 2.50 bits per heavy atom. The molecule has 0 bridgehead atoms. The molecule has 0 saturated heterocycles. The Hall–Kier alpha value is -0.280. The average molecular weight is 265 g/mol. The summed E-state index contributed by atoms with van der Waals surface area (Å²) in [6, 6.07) is 5.29. The second kappa shape index (κ2) is 4.07. The van der Waals surface area contributed by atoms with Crippen molar-refractivity contribution in [3.05, 3.63) is 38.1 Å². The molecule has 0 radical (unpaired) electrons. The van der Waals surface area contributed by atoms with E-state index in [-0.39, 0.29) is 0 Å². The van der Waals surface area contributed by atoms with E-state index in [9.17, 15) is 0 Å². The minimum absolute atomic E-state index is 0.506. The molecule has 0 saturated carbocycles. The van der Waals surface area contributed by atoms with Crippen molar-refractivity contribution in [2.75, 3.05) is 0 Å². The van der Waals surface area contributed by atoms with Crippen LogP contribution in [0.2, 0.25) is 14.5 Å². The number of thiazole rings is 1. The molecule has 0 amide bonds. The quantitative estimate of drug-likeness (QED) is 0.723. The van der Waals surface area contributed by atoms with Gasteiger partial charge in [-0.2, -0.15) is 0 Å². The first-order chi connectivity index (χ1) is 6.66. The third-order valence-corrected chi connectivity index (χ3v) is 3.21. The SMILES string of the molecule is Clc1ccc(-c2csc(Cl)n2)c(Cl)c1. The Kier molecular flexibility index (Phi) is 2.98. The number of aromatic nitrogens is 1. The van der Waals surface area contributed by atoms with E-state index < -0.39 is 0 Å². The zero-order valence-electron chi connectivity index (χ0n) is 6.80. The fraction of sp³-hybridized carbons (Fsp3) is 0. The highest BCUT2D eigenvalue weighted by atomic mass is 35.5. The van der Waals surface area contributed by atoms with Crippen molar-refractivity contribution in [3.63, 3.8) is 0 Å². The molecule has 5 heteroatoms. The molecule has 0 aliphatic rings. The average Bonchev–Trinajstić information content (AvgIpc) is 2.51. The summed E-state index contributed by atoms with van der Waals surface area (Å²) >= 11 is 18.9. The van der Waals surface area contributed by atoms with Crippen molar-refractivity contribution in [1.29, 1.82) is 0 Å². The van der Waals surface area contributed by atoms with Crippen LogP contribution < -0.4 is 0 Å². The maximum absolute atomic E-state index is 6.01. The van der Waals surface area contributed by atoms with Crippen LogP contribution in [-0.2, 0) is 0 Å². The third-order valence-electron chi connectivity index (χ3n) is 1.68. The number of nitrogens with zero attached hydrogens (tertiary/aromatic N) is 1. The first kappa shape index (κ1) is 10.2. The number of benzene rings is 1. The van der Waals surface area contributed by atoms with Gasteiger partial charge in [-0.1, -0.05) is 34.8 Å². The zero-order chi connectivity index (χ0) is 10.1. The minimum Gasteiger partial charge on any atom is -0.225 e. The van der Waals surface area contributed by atoms with Crippen LogP contribution >= 0.6 is 46.1 Å². The first-order valence-corrected chi connectivity index (χ1v) is 5.74. The first-order valence-electron chi connectivity index (χ1n) is 3.73. The molecule has 0 unspecified atom stereocenters. The summed E-state index contributed by atoms with van der Waals surface area (Å²) in [4.78, 5) is 4.13. The lowest BCUT2D eigenvalue weighted by atomic mass is 10.2. The van der Waals surface area contributed by atoms with Crippen LogP contribution in [0.1, 0.15) is 0 Å². The number of hydrogen-bond acceptors (Lipinski definition) is 2. The third kappa shape index (κ3) is 2.04. The Bertz CT molecular complexity index is 467. The molecule has 2 aromatic rings. The number of rotatable bonds is 1. The van der Waals surface area contributed by atoms with Crippen LogP contribution in [0, 0.1) is 0 Å². The summed E-state index contributed by atoms with van der Waals surface area (Å²) in [7, 11) is 0. The Morgan fingerprint density at radius 1 is 1.14 bits per heavy atom. The second-order valence-electron chi connectivity index (χ2n) is 2.61. The summed E-state index contributed by atoms with van der Waals surface area (Å²) in [5.41, 5.74) is 1.63. The molecular weight excluding hydrogens is 261 g/mol. The molecule has 72 valence electrons. The largest absolute Gasteiger partial charge is 0.225 e. The van der Waals surface area contributed by atoms with E-state index >= 15 is 0 Å². The van der Waals surface area contributed by atoms with Gasteiger partial charge < -0.3 is 0 Å². The van der Waals surface area contributed by atoms with Gasteiger partial charge in [0.1, 0.15) is 0 Å². The standard InChI is InChI=1S/C9H4Cl3NS/c10-5-1-2-6(7(11)3-5)8-4-14-9(12)13-8/h1-4H. The van der Waals surface area contributed by atoms with Crippen molar-refractivity contribution in [1.82, 2.24) is 4.98 Å². The van der Waals surface area contributed by atoms with Gasteiger partial charge in [0, 0.05) is 16.0 Å². The van der Waals surface area contributed by atoms with Gasteiger partial charge in [0.2, 0.25) is 0 Å². The van der Waals surface area contributed by atoms with Gasteiger partial charge in [-0.05, 0) is 18.2 Å². The van der Waals surface area contributed by atoms with Gasteiger partial charge >= 0.3 is 0 Å². The normalized spacial score (nSPS) is 10.5. The molecule has 0 aliphatic heterocycles. The van der Waals surface area contributed by atoms with Gasteiger partial charge in [-0.25, -0.2) is 4.98 Å². The van der Waals surface area contributed by atoms with Gasteiger partial charge in [0.15, 0.2) is 4.47 Å². The van der Waals surface area contributed by atoms with Crippen LogP contribution in [0.25, 0.3) is 11.3 Å². The molecule has 1 heterocycles. The summed E-state index contributed by atoms with van der Waals surface area (Å²) in [5.74, 6) is 0. The topological polar surface area (TPSA) is 12.9 Å². The molecule has 0 atom stereocenters. The maximum atomic E-state index is 6.01. The maximum Gasteiger partial charge on any atom is 0.184 e. The fourth-order valence-corrected chi connectivity index (χ4v) is 2.34. The highest BCUT2D eigenvalue weighted by Crippen LogP contribution is 2.31. The molecule has 1 nitrogen and oxygen atoms in total. The summed E-state index contributed by atoms with van der Waals surface area (Å²) in [6.07, 6.45) is 0. The molecule has 1 aromatic heterocycles. The monoisotopic (exact) mass is 263 g/mol. The van der Waals surface area contributed by atoms with Crippen LogP contribution in [0.4, 0.5) is 0 Å². The van der Waals surface area contributed by atoms with Gasteiger partial charge in [-0.15, -0.1) is 11.3 Å². The molecule has 0 spiro atoms. The molecular formula is C9H4Cl3NS. The lowest BCUT2D eigenvalue weighted by molar-refractivity contribution is 1.41. The van der Waals surface area contributed by atoms with Crippen molar-refractivity contribution in [3.8, 4) is 11.3 Å². The molecule has 0 aliphatic carbocycles. The predicted molar refractivity (Wildman–Crippen MR) is 62.6 cm³/mol. The Balaban J connectivity index is 2.52. The van der Waals surface area contributed by atoms with E-state index in [1.165, 1.54) is 11.3 Å². The van der Waals surface area contributed by atoms with Crippen LogP contribution in [0.5, 0.6) is 0 Å². The van der Waals surface area contributed by atoms with E-state index in [1.807, 2.05) is 11.4 Å². The molecule has 1 aromatic carbocycles. The summed E-state index contributed by atoms with van der Waals surface area (Å²) in [6.45, 7) is 0. The van der Waals surface area contributed by atoms with E-state index in [2.05, 4.69) is 4.98 Å².